The number of hydrogen-bond donors (Lipinski definition) is 0. The Balaban J connectivity index is 1.06. The highest BCUT2D eigenvalue weighted by molar-refractivity contribution is 6.26. The van der Waals surface area contributed by atoms with Gasteiger partial charge in [0, 0.05) is 49.6 Å². The van der Waals surface area contributed by atoms with Crippen LogP contribution in [-0.2, 0) is 0 Å². The minimum Gasteiger partial charge on any atom is -0.309 e. The molecule has 10 aromatic carbocycles. The second-order valence-electron chi connectivity index (χ2n) is 16.0. The van der Waals surface area contributed by atoms with Gasteiger partial charge >= 0.3 is 0 Å². The molecular weight excluding hydrogens is 755 g/mol. The maximum Gasteiger partial charge on any atom is 0.164 e. The van der Waals surface area contributed by atoms with Crippen molar-refractivity contribution in [1.29, 1.82) is 0 Å². The zero-order chi connectivity index (χ0) is 40.7. The van der Waals surface area contributed by atoms with Crippen LogP contribution in [0.3, 0.4) is 0 Å². The van der Waals surface area contributed by atoms with Gasteiger partial charge < -0.3 is 9.13 Å². The zero-order valence-electron chi connectivity index (χ0n) is 33.4. The van der Waals surface area contributed by atoms with Crippen molar-refractivity contribution < 1.29 is 0 Å². The standard InChI is InChI=1S/C57H35N5/c1-4-16-36(17-5-1)55-58-56(37-18-6-2-7-19-37)60-57(59-55)38-28-30-44-47(32-38)42-23-11-10-22-41(42)43-31-29-40(33-48(43)44)62-52-27-15-13-25-46(52)50-34-49-45-24-12-14-26-51(45)61(53(49)35-54(50)62)39-20-8-3-9-21-39/h1-35H. The molecule has 0 N–H and O–H groups in total. The van der Waals surface area contributed by atoms with Gasteiger partial charge in [-0.15, -0.1) is 0 Å². The quantitative estimate of drug-likeness (QED) is 0.163. The predicted molar refractivity (Wildman–Crippen MR) is 257 cm³/mol. The molecule has 288 valence electrons. The van der Waals surface area contributed by atoms with Crippen molar-refractivity contribution in [1.82, 2.24) is 24.1 Å². The Bertz CT molecular complexity index is 3850. The van der Waals surface area contributed by atoms with Gasteiger partial charge in [-0.05, 0) is 86.9 Å². The third-order valence-electron chi connectivity index (χ3n) is 12.5. The maximum atomic E-state index is 5.09. The van der Waals surface area contributed by atoms with Crippen LogP contribution >= 0.6 is 0 Å². The smallest absolute Gasteiger partial charge is 0.164 e. The van der Waals surface area contributed by atoms with Crippen LogP contribution in [0.15, 0.2) is 212 Å². The molecule has 5 nitrogen and oxygen atoms in total. The number of aromatic nitrogens is 5. The van der Waals surface area contributed by atoms with E-state index in [4.69, 9.17) is 15.0 Å². The van der Waals surface area contributed by atoms with Gasteiger partial charge in [0.15, 0.2) is 17.5 Å². The van der Waals surface area contributed by atoms with E-state index >= 15 is 0 Å². The largest absolute Gasteiger partial charge is 0.309 e. The van der Waals surface area contributed by atoms with Crippen molar-refractivity contribution in [2.75, 3.05) is 0 Å². The number of hydrogen-bond acceptors (Lipinski definition) is 3. The van der Waals surface area contributed by atoms with Crippen LogP contribution in [0.25, 0.3) is 121 Å². The molecule has 0 fully saturated rings. The minimum absolute atomic E-state index is 0.641. The van der Waals surface area contributed by atoms with E-state index < -0.39 is 0 Å². The van der Waals surface area contributed by atoms with Gasteiger partial charge in [0.05, 0.1) is 22.1 Å². The zero-order valence-corrected chi connectivity index (χ0v) is 33.4. The molecule has 0 aliphatic carbocycles. The fourth-order valence-electron chi connectivity index (χ4n) is 9.72. The molecule has 0 aliphatic rings. The number of benzene rings is 10. The summed E-state index contributed by atoms with van der Waals surface area (Å²) in [6.45, 7) is 0. The molecule has 3 aromatic heterocycles. The fourth-order valence-corrected chi connectivity index (χ4v) is 9.72. The van der Waals surface area contributed by atoms with Crippen molar-refractivity contribution in [3.8, 4) is 45.5 Å². The van der Waals surface area contributed by atoms with E-state index in [0.717, 1.165) is 33.5 Å². The van der Waals surface area contributed by atoms with Crippen LogP contribution in [0.5, 0.6) is 0 Å². The Labute approximate surface area is 356 Å². The van der Waals surface area contributed by atoms with Gasteiger partial charge in [0.1, 0.15) is 0 Å². The molecule has 13 rings (SSSR count). The third-order valence-corrected chi connectivity index (χ3v) is 12.5. The molecular formula is C57H35N5. The molecule has 5 heteroatoms. The number of nitrogens with zero attached hydrogens (tertiary/aromatic N) is 5. The summed E-state index contributed by atoms with van der Waals surface area (Å²) >= 11 is 0. The Morgan fingerprint density at radius 3 is 1.24 bits per heavy atom. The van der Waals surface area contributed by atoms with Gasteiger partial charge in [-0.25, -0.2) is 15.0 Å². The summed E-state index contributed by atoms with van der Waals surface area (Å²) in [4.78, 5) is 15.1. The highest BCUT2D eigenvalue weighted by Crippen LogP contribution is 2.42. The Morgan fingerprint density at radius 2 is 0.645 bits per heavy atom. The van der Waals surface area contributed by atoms with E-state index in [2.05, 4.69) is 161 Å². The van der Waals surface area contributed by atoms with Crippen molar-refractivity contribution >= 4 is 75.9 Å². The number of para-hydroxylation sites is 3. The van der Waals surface area contributed by atoms with E-state index in [1.807, 2.05) is 60.7 Å². The van der Waals surface area contributed by atoms with Crippen LogP contribution in [0.4, 0.5) is 0 Å². The van der Waals surface area contributed by atoms with Crippen molar-refractivity contribution in [2.24, 2.45) is 0 Å². The van der Waals surface area contributed by atoms with Gasteiger partial charge in [0.25, 0.3) is 0 Å². The van der Waals surface area contributed by atoms with Gasteiger partial charge in [-0.2, -0.15) is 0 Å². The molecule has 3 heterocycles. The average molecular weight is 790 g/mol. The number of fused-ring (bicyclic) bond motifs is 12. The summed E-state index contributed by atoms with van der Waals surface area (Å²) in [7, 11) is 0. The normalized spacial score (nSPS) is 11.9. The molecule has 0 atom stereocenters. The highest BCUT2D eigenvalue weighted by atomic mass is 15.0. The lowest BCUT2D eigenvalue weighted by Crippen LogP contribution is -2.00. The van der Waals surface area contributed by atoms with Crippen molar-refractivity contribution in [2.45, 2.75) is 0 Å². The monoisotopic (exact) mass is 789 g/mol. The summed E-state index contributed by atoms with van der Waals surface area (Å²) in [6.07, 6.45) is 0. The molecule has 0 unspecified atom stereocenters. The van der Waals surface area contributed by atoms with E-state index in [-0.39, 0.29) is 0 Å². The maximum absolute atomic E-state index is 5.09. The van der Waals surface area contributed by atoms with Crippen LogP contribution in [0, 0.1) is 0 Å². The Hall–Kier alpha value is -8.41. The Kier molecular flexibility index (Phi) is 7.54. The lowest BCUT2D eigenvalue weighted by molar-refractivity contribution is 1.07. The molecule has 0 aliphatic heterocycles. The van der Waals surface area contributed by atoms with Crippen LogP contribution in [-0.4, -0.2) is 24.1 Å². The van der Waals surface area contributed by atoms with E-state index in [0.29, 0.717) is 17.5 Å². The lowest BCUT2D eigenvalue weighted by Gasteiger charge is -2.15. The summed E-state index contributed by atoms with van der Waals surface area (Å²) < 4.78 is 4.86. The summed E-state index contributed by atoms with van der Waals surface area (Å²) in [6, 6.07) is 75.8. The molecule has 62 heavy (non-hydrogen) atoms. The Morgan fingerprint density at radius 1 is 0.226 bits per heavy atom. The first-order valence-electron chi connectivity index (χ1n) is 21.0. The average Bonchev–Trinajstić information content (AvgIpc) is 3.85. The van der Waals surface area contributed by atoms with E-state index in [1.165, 1.54) is 70.5 Å². The molecule has 0 saturated heterocycles. The minimum atomic E-state index is 0.641. The van der Waals surface area contributed by atoms with Gasteiger partial charge in [-0.3, -0.25) is 0 Å². The second kappa shape index (κ2) is 13.6. The SMILES string of the molecule is c1ccc(-c2nc(-c3ccccc3)nc(-c3ccc4c(c3)c3ccccc3c3ccc(-n5c6ccccc6c6cc7c8ccccc8n(-c8ccccc8)c7cc65)cc34)n2)cc1. The lowest BCUT2D eigenvalue weighted by atomic mass is 9.93. The van der Waals surface area contributed by atoms with Crippen molar-refractivity contribution in [3.63, 3.8) is 0 Å². The van der Waals surface area contributed by atoms with Crippen LogP contribution < -0.4 is 0 Å². The second-order valence-corrected chi connectivity index (χ2v) is 16.0. The van der Waals surface area contributed by atoms with Crippen molar-refractivity contribution in [3.05, 3.63) is 212 Å². The fraction of sp³-hybridized carbons (Fsp3) is 0. The molecule has 0 amide bonds. The molecule has 0 radical (unpaired) electrons. The highest BCUT2D eigenvalue weighted by Gasteiger charge is 2.20. The molecule has 0 saturated carbocycles. The molecule has 0 spiro atoms. The molecule has 0 bridgehead atoms. The van der Waals surface area contributed by atoms with Gasteiger partial charge in [0.2, 0.25) is 0 Å². The number of rotatable bonds is 5. The first kappa shape index (κ1) is 34.5. The van der Waals surface area contributed by atoms with E-state index in [9.17, 15) is 0 Å². The predicted octanol–water partition coefficient (Wildman–Crippen LogP) is 14.5. The first-order valence-corrected chi connectivity index (χ1v) is 21.0. The topological polar surface area (TPSA) is 48.5 Å². The van der Waals surface area contributed by atoms with E-state index in [1.54, 1.807) is 0 Å². The first-order chi connectivity index (χ1) is 30.7. The van der Waals surface area contributed by atoms with Gasteiger partial charge in [-0.1, -0.05) is 158 Å². The van der Waals surface area contributed by atoms with Crippen LogP contribution in [0.2, 0.25) is 0 Å². The third kappa shape index (κ3) is 5.25. The summed E-state index contributed by atoms with van der Waals surface area (Å²) in [5.41, 5.74) is 9.83. The molecule has 13 aromatic rings. The van der Waals surface area contributed by atoms with Crippen LogP contribution in [0.1, 0.15) is 0 Å². The summed E-state index contributed by atoms with van der Waals surface area (Å²) in [5, 5.41) is 12.1. The summed E-state index contributed by atoms with van der Waals surface area (Å²) in [5.74, 6) is 1.94.